The number of carbonyl (C=O) groups is 3. The van der Waals surface area contributed by atoms with Crippen molar-refractivity contribution in [1.29, 1.82) is 0 Å². The average Bonchev–Trinajstić information content (AvgIpc) is 3.09. The number of rotatable bonds is 9. The van der Waals surface area contributed by atoms with E-state index in [1.54, 1.807) is 0 Å². The van der Waals surface area contributed by atoms with Gasteiger partial charge in [0.1, 0.15) is 12.6 Å². The second-order valence-corrected chi connectivity index (χ2v) is 8.86. The molecule has 0 radical (unpaired) electrons. The molecule has 0 spiro atoms. The molecule has 2 atom stereocenters. The van der Waals surface area contributed by atoms with Gasteiger partial charge in [0.05, 0.1) is 5.37 Å². The zero-order valence-corrected chi connectivity index (χ0v) is 19.4. The molecule has 0 aromatic heterocycles. The van der Waals surface area contributed by atoms with Gasteiger partial charge in [-0.3, -0.25) is 9.59 Å². The molecule has 1 N–H and O–H groups in total. The number of nitrogens with zero attached hydrogens (tertiary/aromatic N) is 2. The molecule has 0 aliphatic carbocycles. The Bertz CT molecular complexity index is 1100. The first kappa shape index (κ1) is 23.6. The second kappa shape index (κ2) is 10.6. The Labute approximate surface area is 204 Å². The maximum absolute atomic E-state index is 13.8. The molecule has 3 aromatic carbocycles. The number of aliphatic carboxylic acids is 1. The van der Waals surface area contributed by atoms with Crippen LogP contribution >= 0.6 is 12.6 Å². The van der Waals surface area contributed by atoms with Gasteiger partial charge in [0.25, 0.3) is 5.91 Å². The van der Waals surface area contributed by atoms with Crippen LogP contribution in [0.4, 0.5) is 4.79 Å². The number of imide groups is 1. The second-order valence-electron chi connectivity index (χ2n) is 8.26. The van der Waals surface area contributed by atoms with Gasteiger partial charge >= 0.3 is 12.0 Å². The molecule has 34 heavy (non-hydrogen) atoms. The molecular weight excluding hydrogens is 448 g/mol. The first-order valence-electron chi connectivity index (χ1n) is 11.1. The molecule has 0 saturated carbocycles. The summed E-state index contributed by atoms with van der Waals surface area (Å²) in [6.45, 7) is -0.568. The summed E-state index contributed by atoms with van der Waals surface area (Å²) >= 11 is 4.60. The van der Waals surface area contributed by atoms with Gasteiger partial charge in [-0.05, 0) is 29.5 Å². The molecule has 3 aromatic rings. The molecular formula is C27H26N2O4S. The molecule has 1 aliphatic rings. The average molecular weight is 475 g/mol. The van der Waals surface area contributed by atoms with Crippen LogP contribution in [-0.2, 0) is 16.0 Å². The SMILES string of the molecule is O=C(O)CN1C(=O)N(C(S)CCc2ccccc2)C(=O)C1C(c1ccccc1)c1ccccc1. The highest BCUT2D eigenvalue weighted by atomic mass is 32.1. The lowest BCUT2D eigenvalue weighted by Gasteiger charge is -2.28. The third kappa shape index (κ3) is 4.99. The maximum atomic E-state index is 13.8. The van der Waals surface area contributed by atoms with Crippen LogP contribution in [0.25, 0.3) is 0 Å². The van der Waals surface area contributed by atoms with Crippen molar-refractivity contribution >= 4 is 30.5 Å². The lowest BCUT2D eigenvalue weighted by atomic mass is 9.84. The number of benzene rings is 3. The number of carboxylic acid groups (broad SMARTS) is 1. The van der Waals surface area contributed by atoms with E-state index in [1.807, 2.05) is 91.0 Å². The van der Waals surface area contributed by atoms with E-state index in [0.717, 1.165) is 21.6 Å². The van der Waals surface area contributed by atoms with Crippen LogP contribution in [0.2, 0.25) is 0 Å². The van der Waals surface area contributed by atoms with Gasteiger partial charge in [0, 0.05) is 5.92 Å². The van der Waals surface area contributed by atoms with Gasteiger partial charge in [0.2, 0.25) is 0 Å². The monoisotopic (exact) mass is 474 g/mol. The lowest BCUT2D eigenvalue weighted by Crippen LogP contribution is -2.43. The minimum atomic E-state index is -1.17. The number of carboxylic acids is 1. The van der Waals surface area contributed by atoms with E-state index < -0.39 is 41.8 Å². The maximum Gasteiger partial charge on any atom is 0.328 e. The highest BCUT2D eigenvalue weighted by Gasteiger charge is 2.51. The van der Waals surface area contributed by atoms with E-state index in [0.29, 0.717) is 12.8 Å². The molecule has 174 valence electrons. The summed E-state index contributed by atoms with van der Waals surface area (Å²) in [7, 11) is 0. The molecule has 1 heterocycles. The van der Waals surface area contributed by atoms with E-state index in [-0.39, 0.29) is 0 Å². The Hall–Kier alpha value is -3.58. The topological polar surface area (TPSA) is 77.9 Å². The Morgan fingerprint density at radius 2 is 1.35 bits per heavy atom. The summed E-state index contributed by atoms with van der Waals surface area (Å²) in [5.41, 5.74) is 2.74. The third-order valence-corrected chi connectivity index (χ3v) is 6.54. The summed E-state index contributed by atoms with van der Waals surface area (Å²) in [6.07, 6.45) is 1.09. The predicted octanol–water partition coefficient (Wildman–Crippen LogP) is 4.42. The van der Waals surface area contributed by atoms with E-state index in [9.17, 15) is 19.5 Å². The van der Waals surface area contributed by atoms with Crippen LogP contribution in [-0.4, -0.2) is 50.8 Å². The van der Waals surface area contributed by atoms with Crippen molar-refractivity contribution in [2.75, 3.05) is 6.54 Å². The number of carbonyl (C=O) groups excluding carboxylic acids is 2. The summed E-state index contributed by atoms with van der Waals surface area (Å²) in [5, 5.41) is 8.88. The zero-order valence-electron chi connectivity index (χ0n) is 18.5. The Balaban J connectivity index is 1.69. The van der Waals surface area contributed by atoms with E-state index >= 15 is 0 Å². The first-order valence-corrected chi connectivity index (χ1v) is 11.7. The van der Waals surface area contributed by atoms with Gasteiger partial charge in [-0.25, -0.2) is 9.69 Å². The summed E-state index contributed by atoms with van der Waals surface area (Å²) in [6, 6.07) is 26.9. The van der Waals surface area contributed by atoms with Gasteiger partial charge < -0.3 is 10.0 Å². The largest absolute Gasteiger partial charge is 0.480 e. The first-order chi connectivity index (χ1) is 16.5. The van der Waals surface area contributed by atoms with Crippen LogP contribution in [0.3, 0.4) is 0 Å². The number of aryl methyl sites for hydroxylation is 1. The number of hydrogen-bond acceptors (Lipinski definition) is 4. The van der Waals surface area contributed by atoms with E-state index in [4.69, 9.17) is 0 Å². The van der Waals surface area contributed by atoms with Crippen molar-refractivity contribution in [1.82, 2.24) is 9.80 Å². The molecule has 7 heteroatoms. The van der Waals surface area contributed by atoms with E-state index in [2.05, 4.69) is 12.6 Å². The minimum absolute atomic E-state index is 0.433. The van der Waals surface area contributed by atoms with Crippen molar-refractivity contribution in [2.45, 2.75) is 30.2 Å². The lowest BCUT2D eigenvalue weighted by molar-refractivity contribution is -0.138. The number of thiol groups is 1. The summed E-state index contributed by atoms with van der Waals surface area (Å²) < 4.78 is 0. The quantitative estimate of drug-likeness (QED) is 0.355. The smallest absolute Gasteiger partial charge is 0.328 e. The minimum Gasteiger partial charge on any atom is -0.480 e. The molecule has 6 nitrogen and oxygen atoms in total. The molecule has 1 saturated heterocycles. The standard InChI is InChI=1S/C27H26N2O4S/c30-23(31)18-28-25(24(20-12-6-2-7-13-20)21-14-8-3-9-15-21)26(32)29(27(28)33)22(34)17-16-19-10-4-1-5-11-19/h1-15,22,24-25,34H,16-18H2,(H,30,31). The molecule has 2 unspecified atom stereocenters. The highest BCUT2D eigenvalue weighted by molar-refractivity contribution is 7.80. The van der Waals surface area contributed by atoms with Gasteiger partial charge in [-0.15, -0.1) is 0 Å². The van der Waals surface area contributed by atoms with Crippen molar-refractivity contribution in [3.05, 3.63) is 108 Å². The molecule has 0 bridgehead atoms. The van der Waals surface area contributed by atoms with Crippen LogP contribution in [0.5, 0.6) is 0 Å². The van der Waals surface area contributed by atoms with Crippen LogP contribution in [0, 0.1) is 0 Å². The highest BCUT2D eigenvalue weighted by Crippen LogP contribution is 2.37. The van der Waals surface area contributed by atoms with Gasteiger partial charge in [-0.1, -0.05) is 91.0 Å². The van der Waals surface area contributed by atoms with Gasteiger partial charge in [0.15, 0.2) is 0 Å². The number of urea groups is 1. The Morgan fingerprint density at radius 3 is 1.85 bits per heavy atom. The van der Waals surface area contributed by atoms with Crippen LogP contribution in [0.15, 0.2) is 91.0 Å². The number of amides is 3. The Morgan fingerprint density at radius 1 is 0.853 bits per heavy atom. The summed E-state index contributed by atoms with van der Waals surface area (Å²) in [4.78, 5) is 41.2. The van der Waals surface area contributed by atoms with Crippen LogP contribution in [0.1, 0.15) is 29.0 Å². The molecule has 4 rings (SSSR count). The van der Waals surface area contributed by atoms with Crippen molar-refractivity contribution in [3.63, 3.8) is 0 Å². The fourth-order valence-electron chi connectivity index (χ4n) is 4.48. The van der Waals surface area contributed by atoms with Gasteiger partial charge in [-0.2, -0.15) is 12.6 Å². The molecule has 3 amide bonds. The normalized spacial score (nSPS) is 16.8. The van der Waals surface area contributed by atoms with Crippen molar-refractivity contribution < 1.29 is 19.5 Å². The zero-order chi connectivity index (χ0) is 24.1. The summed E-state index contributed by atoms with van der Waals surface area (Å²) in [5.74, 6) is -2.12. The molecule has 1 aliphatic heterocycles. The predicted molar refractivity (Wildman–Crippen MR) is 133 cm³/mol. The molecule has 1 fully saturated rings. The van der Waals surface area contributed by atoms with Crippen molar-refractivity contribution in [2.24, 2.45) is 0 Å². The third-order valence-electron chi connectivity index (χ3n) is 6.05. The fraction of sp³-hybridized carbons (Fsp3) is 0.222. The fourth-order valence-corrected chi connectivity index (χ4v) is 4.83. The van der Waals surface area contributed by atoms with Crippen molar-refractivity contribution in [3.8, 4) is 0 Å². The van der Waals surface area contributed by atoms with E-state index in [1.165, 1.54) is 4.90 Å². The Kier molecular flexibility index (Phi) is 7.33. The number of hydrogen-bond donors (Lipinski definition) is 2. The van der Waals surface area contributed by atoms with Crippen LogP contribution < -0.4 is 0 Å².